The fourth-order valence-electron chi connectivity index (χ4n) is 2.28. The molecule has 0 fully saturated rings. The Bertz CT molecular complexity index is 692. The summed E-state index contributed by atoms with van der Waals surface area (Å²) >= 11 is 0. The van der Waals surface area contributed by atoms with Crippen molar-refractivity contribution in [1.82, 2.24) is 0 Å². The van der Waals surface area contributed by atoms with Crippen LogP contribution in [0.5, 0.6) is 5.75 Å². The topological polar surface area (TPSA) is 64.6 Å². The molecule has 0 heterocycles. The van der Waals surface area contributed by atoms with Gasteiger partial charge in [-0.1, -0.05) is 19.1 Å². The second-order valence-corrected chi connectivity index (χ2v) is 5.51. The van der Waals surface area contributed by atoms with Crippen LogP contribution in [-0.4, -0.2) is 26.1 Å². The van der Waals surface area contributed by atoms with Gasteiger partial charge in [-0.25, -0.2) is 4.79 Å². The highest BCUT2D eigenvalue weighted by Crippen LogP contribution is 2.17. The van der Waals surface area contributed by atoms with E-state index in [0.717, 1.165) is 17.0 Å². The number of hydrogen-bond donors (Lipinski definition) is 1. The number of carbonyl (C=O) groups is 2. The van der Waals surface area contributed by atoms with Gasteiger partial charge in [0, 0.05) is 11.6 Å². The van der Waals surface area contributed by atoms with Crippen LogP contribution in [-0.2, 0) is 16.0 Å². The second kappa shape index (κ2) is 8.15. The SMILES string of the molecule is COC(=O)c1ccc(CC(C)C(=O)Nc2ccc(OC)cc2)cc1. The molecule has 5 heteroatoms. The van der Waals surface area contributed by atoms with Crippen molar-refractivity contribution in [3.05, 3.63) is 59.7 Å². The Hall–Kier alpha value is -2.82. The average molecular weight is 327 g/mol. The fourth-order valence-corrected chi connectivity index (χ4v) is 2.28. The van der Waals surface area contributed by atoms with E-state index >= 15 is 0 Å². The summed E-state index contributed by atoms with van der Waals surface area (Å²) in [5.41, 5.74) is 2.21. The van der Waals surface area contributed by atoms with Crippen molar-refractivity contribution in [2.75, 3.05) is 19.5 Å². The van der Waals surface area contributed by atoms with Crippen molar-refractivity contribution in [3.63, 3.8) is 0 Å². The highest BCUT2D eigenvalue weighted by Gasteiger charge is 2.14. The summed E-state index contributed by atoms with van der Waals surface area (Å²) in [5, 5.41) is 2.88. The Morgan fingerprint density at radius 1 is 1.00 bits per heavy atom. The first-order valence-corrected chi connectivity index (χ1v) is 7.65. The number of ether oxygens (including phenoxy) is 2. The van der Waals surface area contributed by atoms with E-state index in [-0.39, 0.29) is 17.8 Å². The molecule has 0 aromatic heterocycles. The maximum absolute atomic E-state index is 12.3. The molecule has 2 aromatic rings. The van der Waals surface area contributed by atoms with Gasteiger partial charge in [-0.2, -0.15) is 0 Å². The lowest BCUT2D eigenvalue weighted by molar-refractivity contribution is -0.119. The number of carbonyl (C=O) groups excluding carboxylic acids is 2. The lowest BCUT2D eigenvalue weighted by Crippen LogP contribution is -2.22. The molecule has 0 aliphatic carbocycles. The third-order valence-electron chi connectivity index (χ3n) is 3.72. The first-order valence-electron chi connectivity index (χ1n) is 7.65. The summed E-state index contributed by atoms with van der Waals surface area (Å²) in [4.78, 5) is 23.7. The van der Waals surface area contributed by atoms with Gasteiger partial charge in [0.2, 0.25) is 5.91 Å². The monoisotopic (exact) mass is 327 g/mol. The second-order valence-electron chi connectivity index (χ2n) is 5.51. The van der Waals surface area contributed by atoms with E-state index in [1.807, 2.05) is 19.1 Å². The van der Waals surface area contributed by atoms with Gasteiger partial charge in [-0.15, -0.1) is 0 Å². The van der Waals surface area contributed by atoms with Crippen molar-refractivity contribution in [2.24, 2.45) is 5.92 Å². The quantitative estimate of drug-likeness (QED) is 0.827. The van der Waals surface area contributed by atoms with Crippen LogP contribution < -0.4 is 10.1 Å². The predicted molar refractivity (Wildman–Crippen MR) is 92.3 cm³/mol. The molecule has 2 aromatic carbocycles. The van der Waals surface area contributed by atoms with Gasteiger partial charge in [0.1, 0.15) is 5.75 Å². The van der Waals surface area contributed by atoms with Gasteiger partial charge < -0.3 is 14.8 Å². The smallest absolute Gasteiger partial charge is 0.337 e. The van der Waals surface area contributed by atoms with Crippen molar-refractivity contribution in [2.45, 2.75) is 13.3 Å². The first kappa shape index (κ1) is 17.5. The normalized spacial score (nSPS) is 11.5. The summed E-state index contributed by atoms with van der Waals surface area (Å²) in [6.45, 7) is 1.87. The number of benzene rings is 2. The van der Waals surface area contributed by atoms with Crippen LogP contribution in [0.2, 0.25) is 0 Å². The van der Waals surface area contributed by atoms with E-state index in [1.54, 1.807) is 43.5 Å². The summed E-state index contributed by atoms with van der Waals surface area (Å²) in [6.07, 6.45) is 0.587. The fraction of sp³-hybridized carbons (Fsp3) is 0.263. The van der Waals surface area contributed by atoms with Crippen LogP contribution in [0.1, 0.15) is 22.8 Å². The first-order chi connectivity index (χ1) is 11.5. The number of rotatable bonds is 6. The van der Waals surface area contributed by atoms with E-state index in [0.29, 0.717) is 12.0 Å². The molecule has 0 saturated carbocycles. The van der Waals surface area contributed by atoms with E-state index in [1.165, 1.54) is 7.11 Å². The Morgan fingerprint density at radius 3 is 2.17 bits per heavy atom. The standard InChI is InChI=1S/C19H21NO4/c1-13(12-14-4-6-15(7-5-14)19(22)24-3)18(21)20-16-8-10-17(23-2)11-9-16/h4-11,13H,12H2,1-3H3,(H,20,21). The number of hydrogen-bond acceptors (Lipinski definition) is 4. The summed E-state index contributed by atoms with van der Waals surface area (Å²) in [5.74, 6) is 0.117. The molecule has 1 N–H and O–H groups in total. The molecule has 126 valence electrons. The van der Waals surface area contributed by atoms with Crippen molar-refractivity contribution in [3.8, 4) is 5.75 Å². The molecule has 0 aliphatic heterocycles. The molecule has 0 aliphatic rings. The predicted octanol–water partition coefficient (Wildman–Crippen LogP) is 3.30. The van der Waals surface area contributed by atoms with Crippen LogP contribution in [0.3, 0.4) is 0 Å². The molecule has 1 unspecified atom stereocenters. The molecule has 0 spiro atoms. The summed E-state index contributed by atoms with van der Waals surface area (Å²) in [6, 6.07) is 14.3. The molecule has 0 radical (unpaired) electrons. The minimum atomic E-state index is -0.369. The highest BCUT2D eigenvalue weighted by atomic mass is 16.5. The van der Waals surface area contributed by atoms with Gasteiger partial charge in [-0.05, 0) is 48.4 Å². The van der Waals surface area contributed by atoms with E-state index in [4.69, 9.17) is 4.74 Å². The van der Waals surface area contributed by atoms with Gasteiger partial charge in [-0.3, -0.25) is 4.79 Å². The summed E-state index contributed by atoms with van der Waals surface area (Å²) in [7, 11) is 2.95. The number of methoxy groups -OCH3 is 2. The minimum Gasteiger partial charge on any atom is -0.497 e. The van der Waals surface area contributed by atoms with Crippen LogP contribution >= 0.6 is 0 Å². The van der Waals surface area contributed by atoms with E-state index in [2.05, 4.69) is 10.1 Å². The molecule has 1 atom stereocenters. The lowest BCUT2D eigenvalue weighted by Gasteiger charge is -2.13. The van der Waals surface area contributed by atoms with Crippen molar-refractivity contribution in [1.29, 1.82) is 0 Å². The molecule has 2 rings (SSSR count). The molecular weight excluding hydrogens is 306 g/mol. The number of nitrogens with one attached hydrogen (secondary N) is 1. The van der Waals surface area contributed by atoms with Crippen LogP contribution in [0.4, 0.5) is 5.69 Å². The largest absolute Gasteiger partial charge is 0.497 e. The van der Waals surface area contributed by atoms with E-state index < -0.39 is 0 Å². The molecule has 0 bridgehead atoms. The van der Waals surface area contributed by atoms with Crippen LogP contribution in [0.25, 0.3) is 0 Å². The maximum Gasteiger partial charge on any atom is 0.337 e. The zero-order valence-electron chi connectivity index (χ0n) is 14.0. The third kappa shape index (κ3) is 4.59. The Labute approximate surface area is 141 Å². The Balaban J connectivity index is 1.94. The lowest BCUT2D eigenvalue weighted by atomic mass is 9.99. The average Bonchev–Trinajstić information content (AvgIpc) is 2.62. The Kier molecular flexibility index (Phi) is 5.95. The molecule has 5 nitrogen and oxygen atoms in total. The van der Waals surface area contributed by atoms with E-state index in [9.17, 15) is 9.59 Å². The zero-order valence-corrected chi connectivity index (χ0v) is 14.0. The molecule has 1 amide bonds. The van der Waals surface area contributed by atoms with Gasteiger partial charge in [0.05, 0.1) is 19.8 Å². The van der Waals surface area contributed by atoms with Gasteiger partial charge in [0.15, 0.2) is 0 Å². The number of esters is 1. The highest BCUT2D eigenvalue weighted by molar-refractivity contribution is 5.92. The van der Waals surface area contributed by atoms with Gasteiger partial charge >= 0.3 is 5.97 Å². The van der Waals surface area contributed by atoms with Crippen LogP contribution in [0, 0.1) is 5.92 Å². The molecular formula is C19H21NO4. The van der Waals surface area contributed by atoms with Crippen molar-refractivity contribution < 1.29 is 19.1 Å². The minimum absolute atomic E-state index is 0.0581. The maximum atomic E-state index is 12.3. The third-order valence-corrected chi connectivity index (χ3v) is 3.72. The van der Waals surface area contributed by atoms with Crippen LogP contribution in [0.15, 0.2) is 48.5 Å². The summed E-state index contributed by atoms with van der Waals surface area (Å²) < 4.78 is 9.76. The zero-order chi connectivity index (χ0) is 17.5. The number of anilines is 1. The molecule has 24 heavy (non-hydrogen) atoms. The van der Waals surface area contributed by atoms with Gasteiger partial charge in [0.25, 0.3) is 0 Å². The van der Waals surface area contributed by atoms with Crippen molar-refractivity contribution >= 4 is 17.6 Å². The molecule has 0 saturated heterocycles. The Morgan fingerprint density at radius 2 is 1.62 bits per heavy atom. The number of amides is 1.